The molecule has 1 atom stereocenters. The van der Waals surface area contributed by atoms with Crippen LogP contribution in [0.15, 0.2) is 22.7 Å². The molecule has 1 fully saturated rings. The lowest BCUT2D eigenvalue weighted by atomic mass is 10.1. The van der Waals surface area contributed by atoms with Gasteiger partial charge in [0.2, 0.25) is 5.91 Å². The zero-order valence-corrected chi connectivity index (χ0v) is 12.3. The summed E-state index contributed by atoms with van der Waals surface area (Å²) in [6.07, 6.45) is 0.420. The Balaban J connectivity index is 2.08. The topological polar surface area (TPSA) is 63.2 Å². The van der Waals surface area contributed by atoms with Gasteiger partial charge >= 0.3 is 0 Å². The molecule has 0 saturated carbocycles. The van der Waals surface area contributed by atoms with Gasteiger partial charge in [0.05, 0.1) is 17.4 Å². The van der Waals surface area contributed by atoms with Gasteiger partial charge in [-0.25, -0.2) is 8.42 Å². The Hall–Kier alpha value is -0.880. The molecule has 6 heteroatoms. The van der Waals surface area contributed by atoms with Crippen LogP contribution < -0.4 is 5.32 Å². The molecule has 0 aromatic heterocycles. The van der Waals surface area contributed by atoms with Gasteiger partial charge in [-0.1, -0.05) is 15.9 Å². The molecule has 1 heterocycles. The SMILES string of the molecule is Cc1cc(Br)ccc1NC(=O)C1CCS(=O)(=O)C1. The summed E-state index contributed by atoms with van der Waals surface area (Å²) < 4.78 is 23.6. The fraction of sp³-hybridized carbons (Fsp3) is 0.417. The van der Waals surface area contributed by atoms with E-state index in [4.69, 9.17) is 0 Å². The van der Waals surface area contributed by atoms with E-state index < -0.39 is 15.8 Å². The van der Waals surface area contributed by atoms with Crippen LogP contribution >= 0.6 is 15.9 Å². The Morgan fingerprint density at radius 3 is 2.72 bits per heavy atom. The maximum absolute atomic E-state index is 12.0. The third-order valence-corrected chi connectivity index (χ3v) is 5.31. The van der Waals surface area contributed by atoms with Crippen LogP contribution in [-0.2, 0) is 14.6 Å². The Morgan fingerprint density at radius 2 is 2.17 bits per heavy atom. The van der Waals surface area contributed by atoms with Gasteiger partial charge in [0, 0.05) is 10.2 Å². The smallest absolute Gasteiger partial charge is 0.228 e. The van der Waals surface area contributed by atoms with Crippen LogP contribution in [0.3, 0.4) is 0 Å². The van der Waals surface area contributed by atoms with E-state index in [1.54, 1.807) is 6.07 Å². The Morgan fingerprint density at radius 1 is 1.44 bits per heavy atom. The van der Waals surface area contributed by atoms with Gasteiger partial charge in [-0.05, 0) is 37.1 Å². The average molecular weight is 332 g/mol. The van der Waals surface area contributed by atoms with E-state index in [0.717, 1.165) is 15.7 Å². The summed E-state index contributed by atoms with van der Waals surface area (Å²) in [6, 6.07) is 5.55. The number of aryl methyl sites for hydroxylation is 1. The number of halogens is 1. The van der Waals surface area contributed by atoms with Crippen molar-refractivity contribution in [1.29, 1.82) is 0 Å². The van der Waals surface area contributed by atoms with Crippen molar-refractivity contribution in [1.82, 2.24) is 0 Å². The van der Waals surface area contributed by atoms with E-state index in [1.807, 2.05) is 19.1 Å². The van der Waals surface area contributed by atoms with E-state index in [0.29, 0.717) is 6.42 Å². The van der Waals surface area contributed by atoms with Crippen LogP contribution in [0.25, 0.3) is 0 Å². The molecular formula is C12H14BrNO3S. The van der Waals surface area contributed by atoms with Gasteiger partial charge in [-0.15, -0.1) is 0 Å². The minimum atomic E-state index is -3.02. The van der Waals surface area contributed by atoms with Gasteiger partial charge in [0.1, 0.15) is 0 Å². The van der Waals surface area contributed by atoms with Crippen molar-refractivity contribution in [3.8, 4) is 0 Å². The number of hydrogen-bond acceptors (Lipinski definition) is 3. The molecule has 18 heavy (non-hydrogen) atoms. The van der Waals surface area contributed by atoms with Crippen LogP contribution in [0.5, 0.6) is 0 Å². The molecule has 1 aromatic carbocycles. The number of amides is 1. The lowest BCUT2D eigenvalue weighted by molar-refractivity contribution is -0.119. The summed E-state index contributed by atoms with van der Waals surface area (Å²) >= 11 is 3.35. The van der Waals surface area contributed by atoms with E-state index in [1.165, 1.54) is 0 Å². The van der Waals surface area contributed by atoms with Crippen LogP contribution in [0.4, 0.5) is 5.69 Å². The van der Waals surface area contributed by atoms with Crippen molar-refractivity contribution in [2.45, 2.75) is 13.3 Å². The molecule has 0 radical (unpaired) electrons. The second kappa shape index (κ2) is 5.01. The summed E-state index contributed by atoms with van der Waals surface area (Å²) in [4.78, 5) is 12.0. The third-order valence-electron chi connectivity index (χ3n) is 3.05. The van der Waals surface area contributed by atoms with Crippen molar-refractivity contribution >= 4 is 37.4 Å². The van der Waals surface area contributed by atoms with E-state index in [9.17, 15) is 13.2 Å². The van der Waals surface area contributed by atoms with Gasteiger partial charge in [-0.2, -0.15) is 0 Å². The molecule has 1 saturated heterocycles. The van der Waals surface area contributed by atoms with Crippen molar-refractivity contribution in [3.05, 3.63) is 28.2 Å². The van der Waals surface area contributed by atoms with Crippen LogP contribution in [0.2, 0.25) is 0 Å². The summed E-state index contributed by atoms with van der Waals surface area (Å²) in [5.74, 6) is -0.543. The zero-order valence-electron chi connectivity index (χ0n) is 9.94. The highest BCUT2D eigenvalue weighted by molar-refractivity contribution is 9.10. The average Bonchev–Trinajstić information content (AvgIpc) is 2.63. The normalized spacial score (nSPS) is 21.8. The number of hydrogen-bond donors (Lipinski definition) is 1. The van der Waals surface area contributed by atoms with E-state index >= 15 is 0 Å². The molecule has 1 aliphatic heterocycles. The summed E-state index contributed by atoms with van der Waals surface area (Å²) in [5, 5.41) is 2.79. The van der Waals surface area contributed by atoms with Crippen molar-refractivity contribution < 1.29 is 13.2 Å². The highest BCUT2D eigenvalue weighted by Gasteiger charge is 2.33. The van der Waals surface area contributed by atoms with Crippen molar-refractivity contribution in [3.63, 3.8) is 0 Å². The highest BCUT2D eigenvalue weighted by Crippen LogP contribution is 2.23. The number of sulfone groups is 1. The molecule has 1 aromatic rings. The van der Waals surface area contributed by atoms with E-state index in [-0.39, 0.29) is 17.4 Å². The molecule has 1 unspecified atom stereocenters. The predicted octanol–water partition coefficient (Wildman–Crippen LogP) is 2.13. The lowest BCUT2D eigenvalue weighted by Gasteiger charge is -2.11. The second-order valence-electron chi connectivity index (χ2n) is 4.55. The summed E-state index contributed by atoms with van der Waals surface area (Å²) in [5.41, 5.74) is 1.67. The molecule has 0 spiro atoms. The first kappa shape index (κ1) is 13.5. The summed E-state index contributed by atoms with van der Waals surface area (Å²) in [6.45, 7) is 1.89. The maximum atomic E-state index is 12.0. The predicted molar refractivity (Wildman–Crippen MR) is 74.3 cm³/mol. The number of benzene rings is 1. The molecule has 1 N–H and O–H groups in total. The van der Waals surface area contributed by atoms with Gasteiger partial charge in [0.25, 0.3) is 0 Å². The fourth-order valence-corrected chi connectivity index (χ4v) is 4.22. The Labute approximate surface area is 115 Å². The minimum absolute atomic E-state index is 0.0333. The first-order valence-electron chi connectivity index (χ1n) is 5.65. The first-order valence-corrected chi connectivity index (χ1v) is 8.26. The number of carbonyl (C=O) groups excluding carboxylic acids is 1. The number of anilines is 1. The Bertz CT molecular complexity index is 583. The van der Waals surface area contributed by atoms with Crippen LogP contribution in [-0.4, -0.2) is 25.8 Å². The molecule has 98 valence electrons. The van der Waals surface area contributed by atoms with E-state index in [2.05, 4.69) is 21.2 Å². The molecule has 1 aliphatic rings. The number of nitrogens with one attached hydrogen (secondary N) is 1. The van der Waals surface area contributed by atoms with Crippen LogP contribution in [0, 0.1) is 12.8 Å². The van der Waals surface area contributed by atoms with Gasteiger partial charge in [0.15, 0.2) is 9.84 Å². The molecule has 4 nitrogen and oxygen atoms in total. The van der Waals surface area contributed by atoms with Gasteiger partial charge in [-0.3, -0.25) is 4.79 Å². The first-order chi connectivity index (χ1) is 8.37. The highest BCUT2D eigenvalue weighted by atomic mass is 79.9. The minimum Gasteiger partial charge on any atom is -0.326 e. The lowest BCUT2D eigenvalue weighted by Crippen LogP contribution is -2.24. The zero-order chi connectivity index (χ0) is 13.3. The molecule has 2 rings (SSSR count). The maximum Gasteiger partial charge on any atom is 0.228 e. The Kier molecular flexibility index (Phi) is 3.77. The van der Waals surface area contributed by atoms with Crippen molar-refractivity contribution in [2.75, 3.05) is 16.8 Å². The van der Waals surface area contributed by atoms with Gasteiger partial charge < -0.3 is 5.32 Å². The third kappa shape index (κ3) is 3.11. The molecule has 0 bridgehead atoms. The number of rotatable bonds is 2. The largest absolute Gasteiger partial charge is 0.326 e. The molecule has 1 amide bonds. The molecule has 0 aliphatic carbocycles. The number of carbonyl (C=O) groups is 1. The monoisotopic (exact) mass is 331 g/mol. The second-order valence-corrected chi connectivity index (χ2v) is 7.69. The molecular weight excluding hydrogens is 318 g/mol. The standard InChI is InChI=1S/C12H14BrNO3S/c1-8-6-10(13)2-3-11(8)14-12(15)9-4-5-18(16,17)7-9/h2-3,6,9H,4-5,7H2,1H3,(H,14,15). The quantitative estimate of drug-likeness (QED) is 0.902. The fourth-order valence-electron chi connectivity index (χ4n) is 2.00. The van der Waals surface area contributed by atoms with Crippen molar-refractivity contribution in [2.24, 2.45) is 5.92 Å². The summed E-state index contributed by atoms with van der Waals surface area (Å²) in [7, 11) is -3.02. The van der Waals surface area contributed by atoms with Crippen LogP contribution in [0.1, 0.15) is 12.0 Å².